The Hall–Kier alpha value is 0.310. The fraction of sp³-hybridized carbons (Fsp3) is 1.00. The molecule has 2 aliphatic rings. The summed E-state index contributed by atoms with van der Waals surface area (Å²) in [6.07, 6.45) is 2.89. The summed E-state index contributed by atoms with van der Waals surface area (Å²) in [5, 5.41) is 3.44. The number of nitrogens with one attached hydrogen (secondary N) is 1. The molecule has 0 aromatic heterocycles. The molecule has 0 aromatic carbocycles. The third kappa shape index (κ3) is 0.987. The van der Waals surface area contributed by atoms with E-state index >= 15 is 0 Å². The van der Waals surface area contributed by atoms with Gasteiger partial charge in [0.05, 0.1) is 0 Å². The van der Waals surface area contributed by atoms with Gasteiger partial charge in [-0.25, -0.2) is 0 Å². The Bertz CT molecular complexity index is 84.0. The van der Waals surface area contributed by atoms with Crippen LogP contribution in [-0.4, -0.2) is 24.6 Å². The zero-order valence-electron chi connectivity index (χ0n) is 5.65. The predicted octanol–water partition coefficient (Wildman–Crippen LogP) is 1.10. The van der Waals surface area contributed by atoms with E-state index in [9.17, 15) is 0 Å². The molecule has 2 heteroatoms. The van der Waals surface area contributed by atoms with E-state index < -0.39 is 0 Å². The van der Waals surface area contributed by atoms with Gasteiger partial charge in [-0.2, -0.15) is 11.8 Å². The van der Waals surface area contributed by atoms with Crippen molar-refractivity contribution in [1.29, 1.82) is 0 Å². The molecule has 2 saturated heterocycles. The van der Waals surface area contributed by atoms with Gasteiger partial charge in [0.25, 0.3) is 0 Å². The van der Waals surface area contributed by atoms with Crippen molar-refractivity contribution in [2.75, 3.05) is 24.6 Å². The minimum atomic E-state index is 0.741. The Kier molecular flexibility index (Phi) is 1.46. The van der Waals surface area contributed by atoms with E-state index in [1.807, 2.05) is 0 Å². The predicted molar refractivity (Wildman–Crippen MR) is 41.9 cm³/mol. The zero-order chi connectivity index (χ0) is 6.16. The summed E-state index contributed by atoms with van der Waals surface area (Å²) >= 11 is 2.13. The van der Waals surface area contributed by atoms with Gasteiger partial charge in [-0.1, -0.05) is 0 Å². The van der Waals surface area contributed by atoms with Crippen LogP contribution in [0.25, 0.3) is 0 Å². The van der Waals surface area contributed by atoms with Gasteiger partial charge in [0, 0.05) is 12.3 Å². The molecule has 0 saturated carbocycles. The van der Waals surface area contributed by atoms with E-state index in [2.05, 4.69) is 17.1 Å². The summed E-state index contributed by atoms with van der Waals surface area (Å²) < 4.78 is 0. The van der Waals surface area contributed by atoms with Gasteiger partial charge in [-0.05, 0) is 30.6 Å². The second kappa shape index (κ2) is 2.17. The molecule has 0 aliphatic carbocycles. The molecule has 1 atom stereocenters. The lowest BCUT2D eigenvalue weighted by Crippen LogP contribution is -2.22. The summed E-state index contributed by atoms with van der Waals surface area (Å²) in [7, 11) is 0. The monoisotopic (exact) mass is 143 g/mol. The van der Waals surface area contributed by atoms with Crippen LogP contribution < -0.4 is 5.32 Å². The van der Waals surface area contributed by atoms with Crippen LogP contribution in [0.15, 0.2) is 0 Å². The largest absolute Gasteiger partial charge is 0.316 e. The maximum Gasteiger partial charge on any atom is 0.00165 e. The smallest absolute Gasteiger partial charge is 0.00165 e. The SMILES string of the molecule is C1CC2(CCSC2)CN1. The van der Waals surface area contributed by atoms with Crippen molar-refractivity contribution in [3.8, 4) is 0 Å². The second-order valence-corrected chi connectivity index (χ2v) is 4.33. The lowest BCUT2D eigenvalue weighted by molar-refractivity contribution is 0.379. The van der Waals surface area contributed by atoms with E-state index in [0.29, 0.717) is 0 Å². The lowest BCUT2D eigenvalue weighted by Gasteiger charge is -2.18. The summed E-state index contributed by atoms with van der Waals surface area (Å²) in [5.74, 6) is 2.82. The second-order valence-electron chi connectivity index (χ2n) is 3.23. The summed E-state index contributed by atoms with van der Waals surface area (Å²) in [6, 6.07) is 0. The van der Waals surface area contributed by atoms with Crippen LogP contribution in [0.1, 0.15) is 12.8 Å². The van der Waals surface area contributed by atoms with Gasteiger partial charge in [-0.3, -0.25) is 0 Å². The molecule has 2 rings (SSSR count). The van der Waals surface area contributed by atoms with E-state index in [0.717, 1.165) is 5.41 Å². The molecule has 1 spiro atoms. The molecule has 9 heavy (non-hydrogen) atoms. The fourth-order valence-electron chi connectivity index (χ4n) is 1.78. The Balaban J connectivity index is 2.04. The number of rotatable bonds is 0. The standard InChI is InChI=1S/C7H13NS/c1-3-8-5-7(1)2-4-9-6-7/h8H,1-6H2. The molecule has 0 radical (unpaired) electrons. The lowest BCUT2D eigenvalue weighted by atomic mass is 9.87. The maximum atomic E-state index is 3.44. The number of hydrogen-bond acceptors (Lipinski definition) is 2. The summed E-state index contributed by atoms with van der Waals surface area (Å²) in [5.41, 5.74) is 0.741. The molecule has 2 fully saturated rings. The first-order valence-corrected chi connectivity index (χ1v) is 4.85. The Labute approximate surface area is 60.6 Å². The molecule has 1 nitrogen and oxygen atoms in total. The van der Waals surface area contributed by atoms with E-state index in [1.54, 1.807) is 0 Å². The molecular weight excluding hydrogens is 130 g/mol. The van der Waals surface area contributed by atoms with Crippen molar-refractivity contribution in [3.05, 3.63) is 0 Å². The summed E-state index contributed by atoms with van der Waals surface area (Å²) in [6.45, 7) is 2.56. The minimum absolute atomic E-state index is 0.741. The van der Waals surface area contributed by atoms with Crippen molar-refractivity contribution in [2.45, 2.75) is 12.8 Å². The van der Waals surface area contributed by atoms with Crippen LogP contribution in [0.3, 0.4) is 0 Å². The van der Waals surface area contributed by atoms with Crippen molar-refractivity contribution in [3.63, 3.8) is 0 Å². The van der Waals surface area contributed by atoms with Crippen molar-refractivity contribution < 1.29 is 0 Å². The number of hydrogen-bond donors (Lipinski definition) is 1. The van der Waals surface area contributed by atoms with Crippen LogP contribution in [0.4, 0.5) is 0 Å². The molecule has 2 aliphatic heterocycles. The first-order valence-electron chi connectivity index (χ1n) is 3.70. The molecule has 1 N–H and O–H groups in total. The maximum absolute atomic E-state index is 3.44. The molecule has 2 heterocycles. The van der Waals surface area contributed by atoms with E-state index in [4.69, 9.17) is 0 Å². The van der Waals surface area contributed by atoms with Crippen LogP contribution in [-0.2, 0) is 0 Å². The fourth-order valence-corrected chi connectivity index (χ4v) is 3.33. The Morgan fingerprint density at radius 2 is 2.33 bits per heavy atom. The Morgan fingerprint density at radius 1 is 1.33 bits per heavy atom. The highest BCUT2D eigenvalue weighted by atomic mass is 32.2. The average Bonchev–Trinajstić information content (AvgIpc) is 2.45. The molecule has 52 valence electrons. The number of thioether (sulfide) groups is 1. The van der Waals surface area contributed by atoms with E-state index in [1.165, 1.54) is 37.4 Å². The molecule has 0 aromatic rings. The molecule has 0 amide bonds. The van der Waals surface area contributed by atoms with Gasteiger partial charge in [0.15, 0.2) is 0 Å². The zero-order valence-corrected chi connectivity index (χ0v) is 6.47. The quantitative estimate of drug-likeness (QED) is 0.545. The normalized spacial score (nSPS) is 42.7. The van der Waals surface area contributed by atoms with Gasteiger partial charge in [0.1, 0.15) is 0 Å². The van der Waals surface area contributed by atoms with Crippen LogP contribution in [0, 0.1) is 5.41 Å². The molecule has 1 unspecified atom stereocenters. The van der Waals surface area contributed by atoms with Crippen LogP contribution in [0.2, 0.25) is 0 Å². The highest BCUT2D eigenvalue weighted by Crippen LogP contribution is 2.40. The minimum Gasteiger partial charge on any atom is -0.316 e. The van der Waals surface area contributed by atoms with Crippen LogP contribution >= 0.6 is 11.8 Å². The van der Waals surface area contributed by atoms with Gasteiger partial charge < -0.3 is 5.32 Å². The first kappa shape index (κ1) is 6.05. The molecule has 0 bridgehead atoms. The van der Waals surface area contributed by atoms with Crippen LogP contribution in [0.5, 0.6) is 0 Å². The highest BCUT2D eigenvalue weighted by Gasteiger charge is 2.36. The van der Waals surface area contributed by atoms with Gasteiger partial charge >= 0.3 is 0 Å². The van der Waals surface area contributed by atoms with Crippen molar-refractivity contribution in [2.24, 2.45) is 5.41 Å². The highest BCUT2D eigenvalue weighted by molar-refractivity contribution is 7.99. The third-order valence-electron chi connectivity index (χ3n) is 2.52. The average molecular weight is 143 g/mol. The van der Waals surface area contributed by atoms with Crippen molar-refractivity contribution >= 4 is 11.8 Å². The van der Waals surface area contributed by atoms with Gasteiger partial charge in [0.2, 0.25) is 0 Å². The van der Waals surface area contributed by atoms with E-state index in [-0.39, 0.29) is 0 Å². The first-order chi connectivity index (χ1) is 4.41. The van der Waals surface area contributed by atoms with Gasteiger partial charge in [-0.15, -0.1) is 0 Å². The Morgan fingerprint density at radius 3 is 2.89 bits per heavy atom. The topological polar surface area (TPSA) is 12.0 Å². The third-order valence-corrected chi connectivity index (χ3v) is 3.83. The summed E-state index contributed by atoms with van der Waals surface area (Å²) in [4.78, 5) is 0. The van der Waals surface area contributed by atoms with Crippen molar-refractivity contribution in [1.82, 2.24) is 5.32 Å². The molecular formula is C7H13NS.